The van der Waals surface area contributed by atoms with E-state index in [9.17, 15) is 4.79 Å². The Hall–Kier alpha value is -1.31. The Bertz CT molecular complexity index is 575. The van der Waals surface area contributed by atoms with E-state index in [1.165, 1.54) is 23.1 Å². The smallest absolute Gasteiger partial charge is 0.218 e. The minimum atomic E-state index is -0.313. The second kappa shape index (κ2) is 6.74. The number of primary amides is 1. The molecule has 8 heteroatoms. The Balaban J connectivity index is 1.94. The molecule has 0 radical (unpaired) electrons. The first-order chi connectivity index (χ1) is 9.15. The lowest BCUT2D eigenvalue weighted by atomic mass is 10.3. The fourth-order valence-corrected chi connectivity index (χ4v) is 3.21. The summed E-state index contributed by atoms with van der Waals surface area (Å²) in [5.41, 5.74) is 5.85. The van der Waals surface area contributed by atoms with Gasteiger partial charge in [-0.2, -0.15) is 0 Å². The first-order valence-corrected chi connectivity index (χ1v) is 7.59. The van der Waals surface area contributed by atoms with Crippen molar-refractivity contribution in [3.63, 3.8) is 0 Å². The van der Waals surface area contributed by atoms with E-state index in [4.69, 9.17) is 17.3 Å². The van der Waals surface area contributed by atoms with E-state index in [2.05, 4.69) is 15.5 Å². The van der Waals surface area contributed by atoms with Gasteiger partial charge in [0.15, 0.2) is 4.34 Å². The number of hydrogen-bond donors (Lipinski definition) is 2. The molecule has 1 aromatic heterocycles. The van der Waals surface area contributed by atoms with Crippen LogP contribution in [0.1, 0.15) is 6.42 Å². The SMILES string of the molecule is NC(=O)CCSc1nnc(Nc2ccccc2Cl)s1. The predicted molar refractivity (Wildman–Crippen MR) is 79.2 cm³/mol. The maximum Gasteiger partial charge on any atom is 0.218 e. The van der Waals surface area contributed by atoms with E-state index in [1.807, 2.05) is 18.2 Å². The number of nitrogens with two attached hydrogens (primary N) is 1. The zero-order valence-electron chi connectivity index (χ0n) is 9.80. The lowest BCUT2D eigenvalue weighted by Gasteiger charge is -2.02. The van der Waals surface area contributed by atoms with Crippen LogP contribution in [0.15, 0.2) is 28.6 Å². The van der Waals surface area contributed by atoms with Crippen molar-refractivity contribution in [2.75, 3.05) is 11.1 Å². The van der Waals surface area contributed by atoms with Crippen LogP contribution in [-0.2, 0) is 4.79 Å². The monoisotopic (exact) mass is 314 g/mol. The second-order valence-electron chi connectivity index (χ2n) is 3.54. The molecule has 19 heavy (non-hydrogen) atoms. The summed E-state index contributed by atoms with van der Waals surface area (Å²) in [5, 5.41) is 12.4. The summed E-state index contributed by atoms with van der Waals surface area (Å²) in [5.74, 6) is 0.294. The number of nitrogens with one attached hydrogen (secondary N) is 1. The number of aromatic nitrogens is 2. The molecule has 0 aliphatic rings. The van der Waals surface area contributed by atoms with Crippen LogP contribution in [0.5, 0.6) is 0 Å². The van der Waals surface area contributed by atoms with Gasteiger partial charge >= 0.3 is 0 Å². The Kier molecular flexibility index (Phi) is 5.00. The average Bonchev–Trinajstić information content (AvgIpc) is 2.79. The zero-order valence-corrected chi connectivity index (χ0v) is 12.2. The van der Waals surface area contributed by atoms with Crippen molar-refractivity contribution >= 4 is 51.4 Å². The molecule has 0 unspecified atom stereocenters. The summed E-state index contributed by atoms with van der Waals surface area (Å²) in [4.78, 5) is 10.6. The fourth-order valence-electron chi connectivity index (χ4n) is 1.24. The Morgan fingerprint density at radius 2 is 2.21 bits per heavy atom. The standard InChI is InChI=1S/C11H11ClN4OS2/c12-7-3-1-2-4-8(7)14-10-15-16-11(19-10)18-6-5-9(13)17/h1-4H,5-6H2,(H2,13,17)(H,14,15). The van der Waals surface area contributed by atoms with Crippen LogP contribution in [0.3, 0.4) is 0 Å². The minimum absolute atomic E-state index is 0.313. The van der Waals surface area contributed by atoms with Crippen LogP contribution >= 0.6 is 34.7 Å². The average molecular weight is 315 g/mol. The molecule has 0 saturated carbocycles. The van der Waals surface area contributed by atoms with Crippen molar-refractivity contribution in [2.24, 2.45) is 5.73 Å². The molecule has 3 N–H and O–H groups in total. The van der Waals surface area contributed by atoms with Gasteiger partial charge < -0.3 is 11.1 Å². The third-order valence-corrected chi connectivity index (χ3v) is 4.40. The van der Waals surface area contributed by atoms with Gasteiger partial charge in [0.2, 0.25) is 11.0 Å². The number of hydrogen-bond acceptors (Lipinski definition) is 6. The Morgan fingerprint density at radius 3 is 2.95 bits per heavy atom. The molecular formula is C11H11ClN4OS2. The normalized spacial score (nSPS) is 10.4. The number of nitrogens with zero attached hydrogens (tertiary/aromatic N) is 2. The van der Waals surface area contributed by atoms with Gasteiger partial charge in [0.05, 0.1) is 10.7 Å². The molecule has 0 aliphatic heterocycles. The van der Waals surface area contributed by atoms with Crippen LogP contribution in [-0.4, -0.2) is 21.9 Å². The summed E-state index contributed by atoms with van der Waals surface area (Å²) in [6, 6.07) is 7.41. The number of rotatable bonds is 6. The van der Waals surface area contributed by atoms with Crippen LogP contribution < -0.4 is 11.1 Å². The van der Waals surface area contributed by atoms with Crippen molar-refractivity contribution in [1.29, 1.82) is 0 Å². The number of anilines is 2. The lowest BCUT2D eigenvalue weighted by Crippen LogP contribution is -2.10. The van der Waals surface area contributed by atoms with Crippen LogP contribution in [0, 0.1) is 0 Å². The van der Waals surface area contributed by atoms with Gasteiger partial charge in [0.25, 0.3) is 0 Å². The van der Waals surface area contributed by atoms with Crippen molar-refractivity contribution < 1.29 is 4.79 Å². The molecule has 100 valence electrons. The Labute approximate surface area is 123 Å². The maximum atomic E-state index is 10.6. The molecule has 0 aliphatic carbocycles. The van der Waals surface area contributed by atoms with Gasteiger partial charge in [-0.15, -0.1) is 10.2 Å². The third kappa shape index (κ3) is 4.38. The highest BCUT2D eigenvalue weighted by atomic mass is 35.5. The quantitative estimate of drug-likeness (QED) is 0.801. The highest BCUT2D eigenvalue weighted by Gasteiger charge is 2.07. The number of thioether (sulfide) groups is 1. The van der Waals surface area contributed by atoms with Gasteiger partial charge in [-0.1, -0.05) is 46.8 Å². The molecule has 2 rings (SSSR count). The molecule has 2 aromatic rings. The summed E-state index contributed by atoms with van der Waals surface area (Å²) in [7, 11) is 0. The highest BCUT2D eigenvalue weighted by molar-refractivity contribution is 8.01. The van der Waals surface area contributed by atoms with E-state index >= 15 is 0 Å². The van der Waals surface area contributed by atoms with E-state index in [1.54, 1.807) is 6.07 Å². The number of halogens is 1. The van der Waals surface area contributed by atoms with E-state index in [0.717, 1.165) is 10.0 Å². The van der Waals surface area contributed by atoms with Crippen molar-refractivity contribution in [3.8, 4) is 0 Å². The fraction of sp³-hybridized carbons (Fsp3) is 0.182. The van der Waals surface area contributed by atoms with Crippen molar-refractivity contribution in [1.82, 2.24) is 10.2 Å². The van der Waals surface area contributed by atoms with Crippen LogP contribution in [0.25, 0.3) is 0 Å². The van der Waals surface area contributed by atoms with Gasteiger partial charge in [-0.25, -0.2) is 0 Å². The number of carbonyl (C=O) groups is 1. The van der Waals surface area contributed by atoms with Crippen LogP contribution in [0.2, 0.25) is 5.02 Å². The van der Waals surface area contributed by atoms with Crippen LogP contribution in [0.4, 0.5) is 10.8 Å². The van der Waals surface area contributed by atoms with E-state index < -0.39 is 0 Å². The molecule has 0 atom stereocenters. The molecular weight excluding hydrogens is 304 g/mol. The summed E-state index contributed by atoms with van der Waals surface area (Å²) < 4.78 is 0.788. The predicted octanol–water partition coefficient (Wildman–Crippen LogP) is 2.90. The first kappa shape index (κ1) is 14.1. The zero-order chi connectivity index (χ0) is 13.7. The number of carbonyl (C=O) groups excluding carboxylic acids is 1. The third-order valence-electron chi connectivity index (χ3n) is 2.10. The molecule has 0 fully saturated rings. The van der Waals surface area contributed by atoms with E-state index in [0.29, 0.717) is 22.3 Å². The maximum absolute atomic E-state index is 10.6. The molecule has 0 saturated heterocycles. The largest absolute Gasteiger partial charge is 0.370 e. The molecule has 1 heterocycles. The summed E-state index contributed by atoms with van der Waals surface area (Å²) in [6.45, 7) is 0. The summed E-state index contributed by atoms with van der Waals surface area (Å²) in [6.07, 6.45) is 0.331. The first-order valence-electron chi connectivity index (χ1n) is 5.41. The highest BCUT2D eigenvalue weighted by Crippen LogP contribution is 2.30. The molecule has 1 aromatic carbocycles. The molecule has 0 bridgehead atoms. The second-order valence-corrected chi connectivity index (χ2v) is 6.27. The lowest BCUT2D eigenvalue weighted by molar-refractivity contribution is -0.117. The molecule has 5 nitrogen and oxygen atoms in total. The van der Waals surface area contributed by atoms with Crippen molar-refractivity contribution in [3.05, 3.63) is 29.3 Å². The molecule has 1 amide bonds. The Morgan fingerprint density at radius 1 is 1.42 bits per heavy atom. The minimum Gasteiger partial charge on any atom is -0.370 e. The van der Waals surface area contributed by atoms with E-state index in [-0.39, 0.29) is 5.91 Å². The number of para-hydroxylation sites is 1. The van der Waals surface area contributed by atoms with Gasteiger partial charge in [-0.3, -0.25) is 4.79 Å². The molecule has 0 spiro atoms. The number of amides is 1. The van der Waals surface area contributed by atoms with Gasteiger partial charge in [0.1, 0.15) is 0 Å². The number of benzene rings is 1. The topological polar surface area (TPSA) is 80.9 Å². The van der Waals surface area contributed by atoms with Gasteiger partial charge in [0, 0.05) is 12.2 Å². The summed E-state index contributed by atoms with van der Waals surface area (Å²) >= 11 is 8.90. The van der Waals surface area contributed by atoms with Crippen molar-refractivity contribution in [2.45, 2.75) is 10.8 Å². The van der Waals surface area contributed by atoms with Gasteiger partial charge in [-0.05, 0) is 12.1 Å².